The van der Waals surface area contributed by atoms with Gasteiger partial charge < -0.3 is 18.9 Å². The molecule has 0 heterocycles. The molecule has 2 aromatic carbocycles. The number of ether oxygens (including phenoxy) is 4. The van der Waals surface area contributed by atoms with Gasteiger partial charge in [0.2, 0.25) is 5.75 Å². The van der Waals surface area contributed by atoms with Crippen molar-refractivity contribution < 1.29 is 28.5 Å². The number of hydrazine groups is 1. The highest BCUT2D eigenvalue weighted by molar-refractivity contribution is 9.10. The summed E-state index contributed by atoms with van der Waals surface area (Å²) in [6.45, 7) is -0.238. The fraction of sp³-hybridized carbons (Fsp3) is 0.211. The Labute approximate surface area is 187 Å². The van der Waals surface area contributed by atoms with E-state index in [1.807, 2.05) is 0 Å². The van der Waals surface area contributed by atoms with Gasteiger partial charge in [-0.05, 0) is 48.6 Å². The molecule has 0 aliphatic carbocycles. The predicted molar refractivity (Wildman–Crippen MR) is 117 cm³/mol. The lowest BCUT2D eigenvalue weighted by molar-refractivity contribution is -0.123. The Bertz CT molecular complexity index is 898. The summed E-state index contributed by atoms with van der Waals surface area (Å²) in [6, 6.07) is 9.96. The van der Waals surface area contributed by atoms with Crippen molar-refractivity contribution in [2.45, 2.75) is 0 Å². The largest absolute Gasteiger partial charge is 0.493 e. The molecular formula is C19H20BrN3O6S. The Morgan fingerprint density at radius 2 is 1.57 bits per heavy atom. The first-order valence-electron chi connectivity index (χ1n) is 8.46. The van der Waals surface area contributed by atoms with E-state index in [1.54, 1.807) is 24.3 Å². The molecule has 160 valence electrons. The molecule has 0 aliphatic heterocycles. The van der Waals surface area contributed by atoms with Crippen LogP contribution >= 0.6 is 28.1 Å². The van der Waals surface area contributed by atoms with Crippen LogP contribution in [0.4, 0.5) is 0 Å². The van der Waals surface area contributed by atoms with Crippen LogP contribution in [0.3, 0.4) is 0 Å². The first-order chi connectivity index (χ1) is 14.4. The summed E-state index contributed by atoms with van der Waals surface area (Å²) in [7, 11) is 4.34. The lowest BCUT2D eigenvalue weighted by atomic mass is 10.1. The summed E-state index contributed by atoms with van der Waals surface area (Å²) in [6.07, 6.45) is 0. The van der Waals surface area contributed by atoms with Crippen LogP contribution in [0, 0.1) is 0 Å². The van der Waals surface area contributed by atoms with Gasteiger partial charge in [-0.2, -0.15) is 0 Å². The number of carbonyl (C=O) groups is 2. The van der Waals surface area contributed by atoms with Gasteiger partial charge in [0.1, 0.15) is 5.75 Å². The van der Waals surface area contributed by atoms with Crippen molar-refractivity contribution in [2.24, 2.45) is 0 Å². The second kappa shape index (κ2) is 11.2. The van der Waals surface area contributed by atoms with Gasteiger partial charge in [0.05, 0.1) is 21.3 Å². The third-order valence-corrected chi connectivity index (χ3v) is 4.39. The van der Waals surface area contributed by atoms with Gasteiger partial charge in [-0.3, -0.25) is 25.8 Å². The van der Waals surface area contributed by atoms with Gasteiger partial charge in [-0.25, -0.2) is 0 Å². The maximum Gasteiger partial charge on any atom is 0.276 e. The smallest absolute Gasteiger partial charge is 0.276 e. The Morgan fingerprint density at radius 1 is 0.967 bits per heavy atom. The Kier molecular flexibility index (Phi) is 8.69. The summed E-state index contributed by atoms with van der Waals surface area (Å²) in [5, 5.41) is 2.33. The quantitative estimate of drug-likeness (QED) is 0.394. The number of halogens is 1. The minimum Gasteiger partial charge on any atom is -0.493 e. The minimum absolute atomic E-state index is 0.106. The van der Waals surface area contributed by atoms with Crippen LogP contribution in [0.5, 0.6) is 23.0 Å². The molecule has 0 saturated carbocycles. The van der Waals surface area contributed by atoms with E-state index in [2.05, 4.69) is 32.1 Å². The summed E-state index contributed by atoms with van der Waals surface area (Å²) in [5.41, 5.74) is 4.99. The lowest BCUT2D eigenvalue weighted by Gasteiger charge is -2.15. The van der Waals surface area contributed by atoms with E-state index in [-0.39, 0.29) is 17.3 Å². The molecule has 0 saturated heterocycles. The molecule has 0 spiro atoms. The zero-order valence-electron chi connectivity index (χ0n) is 16.4. The monoisotopic (exact) mass is 497 g/mol. The van der Waals surface area contributed by atoms with E-state index in [4.69, 9.17) is 31.2 Å². The van der Waals surface area contributed by atoms with Crippen LogP contribution in [0.1, 0.15) is 10.4 Å². The molecule has 3 N–H and O–H groups in total. The van der Waals surface area contributed by atoms with Crippen LogP contribution in [-0.2, 0) is 4.79 Å². The standard InChI is InChI=1S/C19H20BrN3O6S/c1-26-14-8-11(9-15(27-2)17(14)28-3)18(25)21-19(30)23-22-16(24)10-29-13-6-4-12(20)5-7-13/h4-9H,10H2,1-3H3,(H,22,24)(H2,21,23,25,30). The zero-order valence-corrected chi connectivity index (χ0v) is 18.8. The normalized spacial score (nSPS) is 9.87. The number of hydrogen-bond donors (Lipinski definition) is 3. The van der Waals surface area contributed by atoms with Crippen LogP contribution < -0.4 is 35.1 Å². The van der Waals surface area contributed by atoms with Crippen molar-refractivity contribution in [3.05, 3.63) is 46.4 Å². The average molecular weight is 498 g/mol. The Balaban J connectivity index is 1.87. The van der Waals surface area contributed by atoms with Crippen molar-refractivity contribution in [3.63, 3.8) is 0 Å². The number of methoxy groups -OCH3 is 3. The van der Waals surface area contributed by atoms with E-state index in [0.29, 0.717) is 23.0 Å². The Hall–Kier alpha value is -3.05. The number of nitrogens with one attached hydrogen (secondary N) is 3. The molecule has 9 nitrogen and oxygen atoms in total. The number of rotatable bonds is 7. The van der Waals surface area contributed by atoms with Gasteiger partial charge in [-0.1, -0.05) is 15.9 Å². The number of thiocarbonyl (C=S) groups is 1. The number of benzene rings is 2. The predicted octanol–water partition coefficient (Wildman–Crippen LogP) is 2.19. The highest BCUT2D eigenvalue weighted by atomic mass is 79.9. The molecule has 0 atom stereocenters. The molecule has 0 fully saturated rings. The van der Waals surface area contributed by atoms with Crippen molar-refractivity contribution in [1.82, 2.24) is 16.2 Å². The SMILES string of the molecule is COc1cc(C(=O)NC(=S)NNC(=O)COc2ccc(Br)cc2)cc(OC)c1OC. The molecule has 11 heteroatoms. The molecule has 0 aromatic heterocycles. The topological polar surface area (TPSA) is 107 Å². The molecule has 0 bridgehead atoms. The van der Waals surface area contributed by atoms with Crippen LogP contribution in [-0.4, -0.2) is 44.9 Å². The van der Waals surface area contributed by atoms with Crippen molar-refractivity contribution >= 4 is 45.1 Å². The number of hydrogen-bond acceptors (Lipinski definition) is 7. The van der Waals surface area contributed by atoms with E-state index >= 15 is 0 Å². The molecule has 0 unspecified atom stereocenters. The van der Waals surface area contributed by atoms with E-state index in [9.17, 15) is 9.59 Å². The van der Waals surface area contributed by atoms with Gasteiger partial charge in [0.25, 0.3) is 11.8 Å². The Morgan fingerprint density at radius 3 is 2.10 bits per heavy atom. The number of amides is 2. The van der Waals surface area contributed by atoms with E-state index in [1.165, 1.54) is 33.5 Å². The van der Waals surface area contributed by atoms with Gasteiger partial charge in [-0.15, -0.1) is 0 Å². The van der Waals surface area contributed by atoms with Crippen LogP contribution in [0.2, 0.25) is 0 Å². The third kappa shape index (κ3) is 6.49. The molecule has 2 aromatic rings. The van der Waals surface area contributed by atoms with Gasteiger partial charge in [0.15, 0.2) is 23.2 Å². The molecule has 2 rings (SSSR count). The third-order valence-electron chi connectivity index (χ3n) is 3.65. The average Bonchev–Trinajstić information content (AvgIpc) is 2.76. The second-order valence-corrected chi connectivity index (χ2v) is 6.94. The first kappa shape index (κ1) is 23.2. The maximum atomic E-state index is 12.4. The van der Waals surface area contributed by atoms with Crippen molar-refractivity contribution in [2.75, 3.05) is 27.9 Å². The summed E-state index contributed by atoms with van der Waals surface area (Å²) >= 11 is 8.33. The number of carbonyl (C=O) groups excluding carboxylic acids is 2. The zero-order chi connectivity index (χ0) is 22.1. The minimum atomic E-state index is -0.535. The summed E-state index contributed by atoms with van der Waals surface area (Å²) < 4.78 is 21.9. The van der Waals surface area contributed by atoms with Gasteiger partial charge >= 0.3 is 0 Å². The molecule has 0 radical (unpaired) electrons. The summed E-state index contributed by atoms with van der Waals surface area (Å²) in [4.78, 5) is 24.3. The lowest BCUT2D eigenvalue weighted by Crippen LogP contribution is -2.49. The van der Waals surface area contributed by atoms with Crippen molar-refractivity contribution in [1.29, 1.82) is 0 Å². The molecular weight excluding hydrogens is 478 g/mol. The highest BCUT2D eigenvalue weighted by Crippen LogP contribution is 2.38. The molecule has 30 heavy (non-hydrogen) atoms. The molecule has 0 aliphatic rings. The van der Waals surface area contributed by atoms with Crippen LogP contribution in [0.15, 0.2) is 40.9 Å². The fourth-order valence-corrected chi connectivity index (χ4v) is 2.67. The molecule has 2 amide bonds. The first-order valence-corrected chi connectivity index (χ1v) is 9.66. The maximum absolute atomic E-state index is 12.4. The fourth-order valence-electron chi connectivity index (χ4n) is 2.26. The highest BCUT2D eigenvalue weighted by Gasteiger charge is 2.17. The van der Waals surface area contributed by atoms with Gasteiger partial charge in [0, 0.05) is 10.0 Å². The summed E-state index contributed by atoms with van der Waals surface area (Å²) in [5.74, 6) is 0.509. The van der Waals surface area contributed by atoms with E-state index in [0.717, 1.165) is 4.47 Å². The van der Waals surface area contributed by atoms with E-state index < -0.39 is 11.8 Å². The van der Waals surface area contributed by atoms with Crippen LogP contribution in [0.25, 0.3) is 0 Å². The van der Waals surface area contributed by atoms with Crippen molar-refractivity contribution in [3.8, 4) is 23.0 Å². The second-order valence-electron chi connectivity index (χ2n) is 5.61.